The Hall–Kier alpha value is -1.35. The second-order valence-corrected chi connectivity index (χ2v) is 5.28. The van der Waals surface area contributed by atoms with Gasteiger partial charge in [-0.05, 0) is 38.6 Å². The number of amides is 1. The number of nitrogens with zero attached hydrogens (tertiary/aromatic N) is 2. The first kappa shape index (κ1) is 14.1. The van der Waals surface area contributed by atoms with Crippen LogP contribution in [0.25, 0.3) is 0 Å². The van der Waals surface area contributed by atoms with Crippen molar-refractivity contribution in [2.75, 3.05) is 26.2 Å². The maximum Gasteiger partial charge on any atom is 0.253 e. The summed E-state index contributed by atoms with van der Waals surface area (Å²) in [5.41, 5.74) is 1.96. The van der Waals surface area contributed by atoms with Crippen LogP contribution in [0, 0.1) is 6.92 Å². The molecule has 1 aliphatic rings. The lowest BCUT2D eigenvalue weighted by molar-refractivity contribution is 0.0778. The first-order valence-electron chi connectivity index (χ1n) is 7.25. The first-order valence-corrected chi connectivity index (χ1v) is 7.25. The molecule has 1 aromatic rings. The molecule has 1 fully saturated rings. The van der Waals surface area contributed by atoms with Crippen LogP contribution in [0.2, 0.25) is 0 Å². The van der Waals surface area contributed by atoms with E-state index in [1.807, 2.05) is 36.1 Å². The summed E-state index contributed by atoms with van der Waals surface area (Å²) in [4.78, 5) is 16.9. The summed E-state index contributed by atoms with van der Waals surface area (Å²) in [6.45, 7) is 10.3. The molecule has 1 atom stereocenters. The molecule has 1 heterocycles. The van der Waals surface area contributed by atoms with Gasteiger partial charge in [-0.3, -0.25) is 9.69 Å². The molecule has 1 amide bonds. The molecule has 1 unspecified atom stereocenters. The summed E-state index contributed by atoms with van der Waals surface area (Å²) < 4.78 is 0. The summed E-state index contributed by atoms with van der Waals surface area (Å²) in [5, 5.41) is 0. The van der Waals surface area contributed by atoms with Gasteiger partial charge in [0.05, 0.1) is 0 Å². The van der Waals surface area contributed by atoms with E-state index >= 15 is 0 Å². The summed E-state index contributed by atoms with van der Waals surface area (Å²) in [5.74, 6) is 0.179. The molecular formula is C16H24N2O. The number of hydrogen-bond acceptors (Lipinski definition) is 2. The van der Waals surface area contributed by atoms with Crippen LogP contribution >= 0.6 is 0 Å². The van der Waals surface area contributed by atoms with Gasteiger partial charge in [-0.25, -0.2) is 0 Å². The number of carbonyl (C=O) groups is 1. The lowest BCUT2D eigenvalue weighted by atomic mass is 10.1. The van der Waals surface area contributed by atoms with E-state index in [1.165, 1.54) is 0 Å². The Balaban J connectivity index is 2.02. The van der Waals surface area contributed by atoms with Gasteiger partial charge >= 0.3 is 0 Å². The number of benzene rings is 1. The standard InChI is InChI=1S/C16H24N2O/c1-4-17(5-2)15-9-10-18(12-15)16(19)14-8-6-7-13(3)11-14/h6-8,11,15H,4-5,9-10,12H2,1-3H3. The topological polar surface area (TPSA) is 23.6 Å². The van der Waals surface area contributed by atoms with E-state index in [-0.39, 0.29) is 5.91 Å². The molecule has 2 rings (SSSR count). The molecule has 0 bridgehead atoms. The molecule has 1 aliphatic heterocycles. The zero-order valence-electron chi connectivity index (χ0n) is 12.2. The molecule has 0 spiro atoms. The van der Waals surface area contributed by atoms with Crippen LogP contribution in [0.15, 0.2) is 24.3 Å². The van der Waals surface area contributed by atoms with Gasteiger partial charge in [-0.15, -0.1) is 0 Å². The highest BCUT2D eigenvalue weighted by atomic mass is 16.2. The van der Waals surface area contributed by atoms with Gasteiger partial charge < -0.3 is 4.90 Å². The summed E-state index contributed by atoms with van der Waals surface area (Å²) >= 11 is 0. The molecule has 0 saturated carbocycles. The number of likely N-dealkylation sites (tertiary alicyclic amines) is 1. The zero-order valence-corrected chi connectivity index (χ0v) is 12.2. The van der Waals surface area contributed by atoms with E-state index in [2.05, 4.69) is 18.7 Å². The smallest absolute Gasteiger partial charge is 0.253 e. The largest absolute Gasteiger partial charge is 0.337 e. The summed E-state index contributed by atoms with van der Waals surface area (Å²) in [6, 6.07) is 8.41. The molecule has 104 valence electrons. The molecule has 1 aromatic carbocycles. The lowest BCUT2D eigenvalue weighted by Crippen LogP contribution is -2.38. The highest BCUT2D eigenvalue weighted by Gasteiger charge is 2.29. The van der Waals surface area contributed by atoms with Crippen LogP contribution in [-0.2, 0) is 0 Å². The van der Waals surface area contributed by atoms with Crippen LogP contribution in [0.1, 0.15) is 36.2 Å². The van der Waals surface area contributed by atoms with Crippen molar-refractivity contribution in [3.8, 4) is 0 Å². The van der Waals surface area contributed by atoms with Gasteiger partial charge in [-0.1, -0.05) is 31.5 Å². The summed E-state index contributed by atoms with van der Waals surface area (Å²) in [6.07, 6.45) is 1.10. The first-order chi connectivity index (χ1) is 9.15. The van der Waals surface area contributed by atoms with Crippen molar-refractivity contribution < 1.29 is 4.79 Å². The van der Waals surface area contributed by atoms with Crippen molar-refractivity contribution in [2.24, 2.45) is 0 Å². The predicted molar refractivity (Wildman–Crippen MR) is 78.4 cm³/mol. The van der Waals surface area contributed by atoms with E-state index in [0.717, 1.165) is 43.7 Å². The van der Waals surface area contributed by atoms with Crippen molar-refractivity contribution >= 4 is 5.91 Å². The Labute approximate surface area is 116 Å². The minimum Gasteiger partial charge on any atom is -0.337 e. The molecule has 19 heavy (non-hydrogen) atoms. The maximum absolute atomic E-state index is 12.5. The molecule has 0 aromatic heterocycles. The van der Waals surface area contributed by atoms with E-state index in [0.29, 0.717) is 6.04 Å². The third-order valence-electron chi connectivity index (χ3n) is 4.04. The van der Waals surface area contributed by atoms with E-state index < -0.39 is 0 Å². The van der Waals surface area contributed by atoms with Gasteiger partial charge in [0, 0.05) is 24.7 Å². The second-order valence-electron chi connectivity index (χ2n) is 5.28. The average molecular weight is 260 g/mol. The molecule has 3 heteroatoms. The number of hydrogen-bond donors (Lipinski definition) is 0. The maximum atomic E-state index is 12.5. The van der Waals surface area contributed by atoms with E-state index in [4.69, 9.17) is 0 Å². The number of carbonyl (C=O) groups excluding carboxylic acids is 1. The normalized spacial score (nSPS) is 19.2. The molecule has 3 nitrogen and oxygen atoms in total. The fourth-order valence-electron chi connectivity index (χ4n) is 2.93. The highest BCUT2D eigenvalue weighted by Crippen LogP contribution is 2.18. The van der Waals surface area contributed by atoms with Crippen LogP contribution < -0.4 is 0 Å². The Morgan fingerprint density at radius 2 is 2.11 bits per heavy atom. The Kier molecular flexibility index (Phi) is 4.59. The SMILES string of the molecule is CCN(CC)C1CCN(C(=O)c2cccc(C)c2)C1. The Morgan fingerprint density at radius 1 is 1.37 bits per heavy atom. The van der Waals surface area contributed by atoms with E-state index in [9.17, 15) is 4.79 Å². The van der Waals surface area contributed by atoms with Gasteiger partial charge in [0.2, 0.25) is 0 Å². The molecule has 1 saturated heterocycles. The third kappa shape index (κ3) is 3.16. The highest BCUT2D eigenvalue weighted by molar-refractivity contribution is 5.94. The Morgan fingerprint density at radius 3 is 2.74 bits per heavy atom. The molecule has 0 radical (unpaired) electrons. The van der Waals surface area contributed by atoms with Gasteiger partial charge in [0.25, 0.3) is 5.91 Å². The van der Waals surface area contributed by atoms with Crippen LogP contribution in [0.3, 0.4) is 0 Å². The van der Waals surface area contributed by atoms with Crippen molar-refractivity contribution in [1.29, 1.82) is 0 Å². The van der Waals surface area contributed by atoms with Gasteiger partial charge in [0.1, 0.15) is 0 Å². The number of rotatable bonds is 4. The van der Waals surface area contributed by atoms with Crippen LogP contribution in [0.5, 0.6) is 0 Å². The molecule has 0 N–H and O–H groups in total. The fourth-order valence-corrected chi connectivity index (χ4v) is 2.93. The Bertz CT molecular complexity index is 440. The van der Waals surface area contributed by atoms with Gasteiger partial charge in [-0.2, -0.15) is 0 Å². The van der Waals surface area contributed by atoms with E-state index in [1.54, 1.807) is 0 Å². The molecular weight excluding hydrogens is 236 g/mol. The minimum absolute atomic E-state index is 0.179. The fraction of sp³-hybridized carbons (Fsp3) is 0.562. The number of likely N-dealkylation sites (N-methyl/N-ethyl adjacent to an activating group) is 1. The quantitative estimate of drug-likeness (QED) is 0.830. The van der Waals surface area contributed by atoms with Crippen molar-refractivity contribution in [3.63, 3.8) is 0 Å². The van der Waals surface area contributed by atoms with Crippen LogP contribution in [0.4, 0.5) is 0 Å². The third-order valence-corrected chi connectivity index (χ3v) is 4.04. The van der Waals surface area contributed by atoms with Crippen molar-refractivity contribution in [1.82, 2.24) is 9.80 Å². The number of aryl methyl sites for hydroxylation is 1. The molecule has 0 aliphatic carbocycles. The van der Waals surface area contributed by atoms with Gasteiger partial charge in [0.15, 0.2) is 0 Å². The van der Waals surface area contributed by atoms with Crippen LogP contribution in [-0.4, -0.2) is 47.9 Å². The average Bonchev–Trinajstić information content (AvgIpc) is 2.89. The van der Waals surface area contributed by atoms with Crippen molar-refractivity contribution in [3.05, 3.63) is 35.4 Å². The monoisotopic (exact) mass is 260 g/mol. The lowest BCUT2D eigenvalue weighted by Gasteiger charge is -2.26. The van der Waals surface area contributed by atoms with Crippen molar-refractivity contribution in [2.45, 2.75) is 33.2 Å². The minimum atomic E-state index is 0.179. The predicted octanol–water partition coefficient (Wildman–Crippen LogP) is 2.55. The summed E-state index contributed by atoms with van der Waals surface area (Å²) in [7, 11) is 0. The zero-order chi connectivity index (χ0) is 13.8. The second kappa shape index (κ2) is 6.20.